The summed E-state index contributed by atoms with van der Waals surface area (Å²) in [4.78, 5) is 18.1. The summed E-state index contributed by atoms with van der Waals surface area (Å²) in [6.45, 7) is 3.83. The highest BCUT2D eigenvalue weighted by Gasteiger charge is 2.19. The highest BCUT2D eigenvalue weighted by Crippen LogP contribution is 2.26. The highest BCUT2D eigenvalue weighted by molar-refractivity contribution is 7.10. The minimum Gasteiger partial charge on any atom is -0.378 e. The number of hydrogen-bond acceptors (Lipinski definition) is 4. The molecule has 0 spiro atoms. The van der Waals surface area contributed by atoms with Gasteiger partial charge in [0.2, 0.25) is 5.91 Å². The molecule has 30 heavy (non-hydrogen) atoms. The molecule has 4 nitrogen and oxygen atoms in total. The number of carbonyl (C=O) groups is 1. The van der Waals surface area contributed by atoms with Crippen LogP contribution in [-0.2, 0) is 11.3 Å². The van der Waals surface area contributed by atoms with Crippen LogP contribution in [0, 0.1) is 5.82 Å². The van der Waals surface area contributed by atoms with Crippen LogP contribution in [0.5, 0.6) is 0 Å². The first-order valence-electron chi connectivity index (χ1n) is 10.0. The van der Waals surface area contributed by atoms with Gasteiger partial charge in [0.15, 0.2) is 0 Å². The molecule has 2 aromatic carbocycles. The molecule has 6 heteroatoms. The molecule has 3 aromatic rings. The molecule has 158 valence electrons. The maximum atomic E-state index is 13.4. The number of nitrogens with zero attached hydrogens (tertiary/aromatic N) is 2. The number of carbonyl (C=O) groups excluding carboxylic acids is 1. The fourth-order valence-corrected chi connectivity index (χ4v) is 4.08. The molecule has 1 atom stereocenters. The van der Waals surface area contributed by atoms with E-state index in [9.17, 15) is 9.18 Å². The van der Waals surface area contributed by atoms with Crippen LogP contribution in [0.4, 0.5) is 10.1 Å². The van der Waals surface area contributed by atoms with Crippen molar-refractivity contribution in [1.82, 2.24) is 10.2 Å². The molecular formula is C24H28FN3OS. The van der Waals surface area contributed by atoms with Crippen LogP contribution in [-0.4, -0.2) is 38.0 Å². The largest absolute Gasteiger partial charge is 0.378 e. The van der Waals surface area contributed by atoms with Crippen molar-refractivity contribution >= 4 is 22.9 Å². The lowest BCUT2D eigenvalue weighted by Gasteiger charge is -2.23. The first kappa shape index (κ1) is 22.0. The van der Waals surface area contributed by atoms with Crippen LogP contribution < -0.4 is 10.2 Å². The Morgan fingerprint density at radius 3 is 2.33 bits per heavy atom. The Morgan fingerprint density at radius 2 is 1.77 bits per heavy atom. The standard InChI is InChI=1S/C24H28FN3OS/c1-4-28(16-18-7-13-21(14-8-18)27(2)3)17-23(29)26-24(22-6-5-15-30-22)19-9-11-20(25)12-10-19/h5-15,24H,4,16-17H2,1-3H3,(H,26,29)/t24-/m1/s1. The van der Waals surface area contributed by atoms with Crippen LogP contribution in [0.3, 0.4) is 0 Å². The monoisotopic (exact) mass is 425 g/mol. The molecule has 1 heterocycles. The van der Waals surface area contributed by atoms with Crippen LogP contribution in [0.15, 0.2) is 66.0 Å². The molecule has 0 bridgehead atoms. The maximum absolute atomic E-state index is 13.4. The maximum Gasteiger partial charge on any atom is 0.234 e. The van der Waals surface area contributed by atoms with Crippen molar-refractivity contribution in [3.05, 3.63) is 87.9 Å². The molecule has 1 aromatic heterocycles. The van der Waals surface area contributed by atoms with Crippen molar-refractivity contribution in [3.8, 4) is 0 Å². The van der Waals surface area contributed by atoms with Crippen molar-refractivity contribution in [3.63, 3.8) is 0 Å². The topological polar surface area (TPSA) is 35.6 Å². The van der Waals surface area contributed by atoms with E-state index < -0.39 is 0 Å². The lowest BCUT2D eigenvalue weighted by Crippen LogP contribution is -2.38. The predicted octanol–water partition coefficient (Wildman–Crippen LogP) is 4.68. The van der Waals surface area contributed by atoms with E-state index in [-0.39, 0.29) is 17.8 Å². The summed E-state index contributed by atoms with van der Waals surface area (Å²) in [5, 5.41) is 5.11. The van der Waals surface area contributed by atoms with Gasteiger partial charge in [-0.25, -0.2) is 4.39 Å². The molecule has 1 N–H and O–H groups in total. The van der Waals surface area contributed by atoms with Gasteiger partial charge in [0, 0.05) is 31.2 Å². The number of nitrogens with one attached hydrogen (secondary N) is 1. The summed E-state index contributed by atoms with van der Waals surface area (Å²) in [6, 6.07) is 18.3. The van der Waals surface area contributed by atoms with E-state index in [0.717, 1.165) is 22.7 Å². The molecular weight excluding hydrogens is 397 g/mol. The molecule has 0 aliphatic heterocycles. The van der Waals surface area contributed by atoms with Gasteiger partial charge >= 0.3 is 0 Å². The molecule has 0 aliphatic carbocycles. The summed E-state index contributed by atoms with van der Waals surface area (Å²) in [5.41, 5.74) is 3.19. The van der Waals surface area contributed by atoms with Crippen molar-refractivity contribution in [2.24, 2.45) is 0 Å². The second-order valence-corrected chi connectivity index (χ2v) is 8.41. The number of likely N-dealkylation sites (N-methyl/N-ethyl adjacent to an activating group) is 1. The summed E-state index contributed by atoms with van der Waals surface area (Å²) in [5.74, 6) is -0.336. The number of hydrogen-bond donors (Lipinski definition) is 1. The van der Waals surface area contributed by atoms with Gasteiger partial charge in [0.25, 0.3) is 0 Å². The number of rotatable bonds is 9. The van der Waals surface area contributed by atoms with Gasteiger partial charge in [0.1, 0.15) is 5.82 Å². The minimum absolute atomic E-state index is 0.0514. The Labute approximate surface area is 182 Å². The van der Waals surface area contributed by atoms with E-state index in [1.54, 1.807) is 23.5 Å². The summed E-state index contributed by atoms with van der Waals surface area (Å²) < 4.78 is 13.4. The Morgan fingerprint density at radius 1 is 1.07 bits per heavy atom. The molecule has 0 fully saturated rings. The van der Waals surface area contributed by atoms with Crippen LogP contribution in [0.1, 0.15) is 29.0 Å². The third kappa shape index (κ3) is 5.90. The van der Waals surface area contributed by atoms with Gasteiger partial charge in [-0.15, -0.1) is 11.3 Å². The van der Waals surface area contributed by atoms with E-state index in [2.05, 4.69) is 46.3 Å². The fraction of sp³-hybridized carbons (Fsp3) is 0.292. The van der Waals surface area contributed by atoms with Crippen LogP contribution in [0.25, 0.3) is 0 Å². The average molecular weight is 426 g/mol. The first-order valence-corrected chi connectivity index (χ1v) is 10.9. The Kier molecular flexibility index (Phi) is 7.60. The normalized spacial score (nSPS) is 12.0. The summed E-state index contributed by atoms with van der Waals surface area (Å²) in [6.07, 6.45) is 0. The third-order valence-electron chi connectivity index (χ3n) is 5.01. The van der Waals surface area contributed by atoms with Crippen LogP contribution in [0.2, 0.25) is 0 Å². The lowest BCUT2D eigenvalue weighted by atomic mass is 10.1. The van der Waals surface area contributed by atoms with E-state index >= 15 is 0 Å². The van der Waals surface area contributed by atoms with Gasteiger partial charge in [-0.1, -0.05) is 37.3 Å². The average Bonchev–Trinajstić information content (AvgIpc) is 3.27. The van der Waals surface area contributed by atoms with Crippen molar-refractivity contribution < 1.29 is 9.18 Å². The summed E-state index contributed by atoms with van der Waals surface area (Å²) in [7, 11) is 4.03. The van der Waals surface area contributed by atoms with Gasteiger partial charge in [-0.2, -0.15) is 0 Å². The summed E-state index contributed by atoms with van der Waals surface area (Å²) >= 11 is 1.58. The number of benzene rings is 2. The zero-order chi connectivity index (χ0) is 21.5. The van der Waals surface area contributed by atoms with Gasteiger partial charge in [0.05, 0.1) is 12.6 Å². The van der Waals surface area contributed by atoms with Crippen molar-refractivity contribution in [1.29, 1.82) is 0 Å². The van der Waals surface area contributed by atoms with E-state index in [1.807, 2.05) is 31.6 Å². The first-order chi connectivity index (χ1) is 14.5. The molecule has 0 aliphatic rings. The number of thiophene rings is 1. The zero-order valence-corrected chi connectivity index (χ0v) is 18.5. The fourth-order valence-electron chi connectivity index (χ4n) is 3.28. The van der Waals surface area contributed by atoms with Crippen molar-refractivity contribution in [2.75, 3.05) is 32.1 Å². The van der Waals surface area contributed by atoms with E-state index in [1.165, 1.54) is 17.7 Å². The molecule has 1 amide bonds. The highest BCUT2D eigenvalue weighted by atomic mass is 32.1. The van der Waals surface area contributed by atoms with Gasteiger partial charge in [-0.3, -0.25) is 9.69 Å². The minimum atomic E-state index is -0.285. The predicted molar refractivity (Wildman–Crippen MR) is 122 cm³/mol. The Bertz CT molecular complexity index is 924. The molecule has 0 radical (unpaired) electrons. The smallest absolute Gasteiger partial charge is 0.234 e. The van der Waals surface area contributed by atoms with E-state index in [4.69, 9.17) is 0 Å². The van der Waals surface area contributed by atoms with E-state index in [0.29, 0.717) is 13.1 Å². The quantitative estimate of drug-likeness (QED) is 0.541. The molecule has 0 saturated carbocycles. The number of amides is 1. The second kappa shape index (κ2) is 10.4. The van der Waals surface area contributed by atoms with Crippen molar-refractivity contribution in [2.45, 2.75) is 19.5 Å². The molecule has 0 unspecified atom stereocenters. The second-order valence-electron chi connectivity index (χ2n) is 7.43. The zero-order valence-electron chi connectivity index (χ0n) is 17.6. The van der Waals surface area contributed by atoms with Gasteiger partial charge in [-0.05, 0) is 53.4 Å². The SMILES string of the molecule is CCN(CC(=O)N[C@H](c1ccc(F)cc1)c1cccs1)Cc1ccc(N(C)C)cc1. The molecule has 0 saturated heterocycles. The van der Waals surface area contributed by atoms with Crippen LogP contribution >= 0.6 is 11.3 Å². The lowest BCUT2D eigenvalue weighted by molar-refractivity contribution is -0.122. The van der Waals surface area contributed by atoms with Gasteiger partial charge < -0.3 is 10.2 Å². The number of anilines is 1. The third-order valence-corrected chi connectivity index (χ3v) is 5.95. The molecule has 3 rings (SSSR count). The Hall–Kier alpha value is -2.70. The Balaban J connectivity index is 1.66. The number of halogens is 1.